The molecule has 1 heterocycles. The molecule has 1 unspecified atom stereocenters. The average Bonchev–Trinajstić information content (AvgIpc) is 3.30. The lowest BCUT2D eigenvalue weighted by atomic mass is 9.43. The van der Waals surface area contributed by atoms with Crippen molar-refractivity contribution in [1.29, 1.82) is 0 Å². The highest BCUT2D eigenvalue weighted by Gasteiger charge is 2.62. The summed E-state index contributed by atoms with van der Waals surface area (Å²) in [5.74, 6) is 3.56. The number of hydrogen-bond acceptors (Lipinski definition) is 4. The molecule has 3 nitrogen and oxygen atoms in total. The van der Waals surface area contributed by atoms with Crippen LogP contribution in [0.1, 0.15) is 71.6 Å². The van der Waals surface area contributed by atoms with E-state index in [4.69, 9.17) is 0 Å². The van der Waals surface area contributed by atoms with E-state index in [1.54, 1.807) is 0 Å². The summed E-state index contributed by atoms with van der Waals surface area (Å²) < 4.78 is 0. The molecule has 5 fully saturated rings. The van der Waals surface area contributed by atoms with Gasteiger partial charge in [0.25, 0.3) is 0 Å². The van der Waals surface area contributed by atoms with Crippen molar-refractivity contribution in [3.05, 3.63) is 0 Å². The highest BCUT2D eigenvalue weighted by Crippen LogP contribution is 2.67. The van der Waals surface area contributed by atoms with Crippen LogP contribution >= 0.6 is 11.8 Å². The number of Topliss-reactive ketones (excluding diaryl/α,β-unsaturated/α-hetero) is 1. The minimum absolute atomic E-state index is 0.0830. The second kappa shape index (κ2) is 7.27. The number of hydrogen-bond donors (Lipinski definition) is 2. The fourth-order valence-electron chi connectivity index (χ4n) is 8.49. The Balaban J connectivity index is 1.37. The van der Waals surface area contributed by atoms with Crippen LogP contribution in [0, 0.1) is 40.4 Å². The van der Waals surface area contributed by atoms with Crippen molar-refractivity contribution in [1.82, 2.24) is 5.32 Å². The molecule has 0 aromatic carbocycles. The molecule has 0 bridgehead atoms. The number of rotatable bonds is 3. The summed E-state index contributed by atoms with van der Waals surface area (Å²) in [7, 11) is 0. The van der Waals surface area contributed by atoms with Gasteiger partial charge in [0.2, 0.25) is 0 Å². The van der Waals surface area contributed by atoms with Gasteiger partial charge in [0.05, 0.1) is 0 Å². The lowest BCUT2D eigenvalue weighted by Gasteiger charge is -2.62. The Morgan fingerprint density at radius 1 is 1.07 bits per heavy atom. The maximum Gasteiger partial charge on any atom is 0.139 e. The molecule has 28 heavy (non-hydrogen) atoms. The summed E-state index contributed by atoms with van der Waals surface area (Å²) in [5.41, 5.74) is 0.356. The van der Waals surface area contributed by atoms with Gasteiger partial charge in [-0.3, -0.25) is 4.79 Å². The maximum atomic E-state index is 12.7. The number of fused-ring (bicyclic) bond motifs is 5. The first kappa shape index (κ1) is 19.9. The summed E-state index contributed by atoms with van der Waals surface area (Å²) >= 11 is 2.27. The number of aliphatic hydroxyl groups is 1. The molecule has 0 radical (unpaired) electrons. The first-order chi connectivity index (χ1) is 13.5. The van der Waals surface area contributed by atoms with Gasteiger partial charge in [-0.2, -0.15) is 11.8 Å². The quantitative estimate of drug-likeness (QED) is 0.736. The highest BCUT2D eigenvalue weighted by molar-refractivity contribution is 8.00. The number of nitrogens with one attached hydrogen (secondary N) is 1. The fourth-order valence-corrected chi connectivity index (χ4v) is 10.1. The van der Waals surface area contributed by atoms with E-state index in [1.807, 2.05) is 0 Å². The van der Waals surface area contributed by atoms with E-state index >= 15 is 0 Å². The minimum atomic E-state index is -0.0830. The summed E-state index contributed by atoms with van der Waals surface area (Å²) in [6, 6.07) is 0. The Labute approximate surface area is 175 Å². The summed E-state index contributed by atoms with van der Waals surface area (Å²) in [6.45, 7) is 7.58. The monoisotopic (exact) mass is 405 g/mol. The van der Waals surface area contributed by atoms with Crippen LogP contribution in [0.3, 0.4) is 0 Å². The van der Waals surface area contributed by atoms with E-state index in [2.05, 4.69) is 30.9 Å². The molecule has 4 heteroatoms. The normalized spacial score (nSPS) is 53.5. The van der Waals surface area contributed by atoms with Crippen LogP contribution in [0.25, 0.3) is 0 Å². The molecule has 2 N–H and O–H groups in total. The molecular weight excluding hydrogens is 366 g/mol. The summed E-state index contributed by atoms with van der Waals surface area (Å²) in [5, 5.41) is 15.5. The molecule has 9 atom stereocenters. The standard InChI is InChI=1S/C24H39NO2S/c1-23-8-5-17(28-18-7-10-25-13-18)12-16(23)11-15(14-26)22-19-3-4-21(27)24(19,2)9-6-20(22)23/h15-20,22,25-26H,3-14H2,1-2H3/t15-,16?,17+,18-,19-,20-,22-,23-,24-/m0/s1. The van der Waals surface area contributed by atoms with Crippen molar-refractivity contribution in [3.8, 4) is 0 Å². The first-order valence-electron chi connectivity index (χ1n) is 12.0. The Morgan fingerprint density at radius 2 is 1.93 bits per heavy atom. The molecule has 4 saturated carbocycles. The fraction of sp³-hybridized carbons (Fsp3) is 0.958. The van der Waals surface area contributed by atoms with Crippen LogP contribution in [0.4, 0.5) is 0 Å². The van der Waals surface area contributed by atoms with Gasteiger partial charge in [0.1, 0.15) is 5.78 Å². The van der Waals surface area contributed by atoms with Crippen LogP contribution in [-0.2, 0) is 4.79 Å². The van der Waals surface area contributed by atoms with Crippen LogP contribution in [-0.4, -0.2) is 41.1 Å². The van der Waals surface area contributed by atoms with Gasteiger partial charge in [-0.05, 0) is 92.9 Å². The molecule has 5 rings (SSSR count). The Bertz CT molecular complexity index is 620. The smallest absolute Gasteiger partial charge is 0.139 e. The average molecular weight is 406 g/mol. The maximum absolute atomic E-state index is 12.7. The van der Waals surface area contributed by atoms with E-state index in [-0.39, 0.29) is 5.41 Å². The van der Waals surface area contributed by atoms with Crippen molar-refractivity contribution in [2.45, 2.75) is 82.1 Å². The number of aliphatic hydroxyl groups excluding tert-OH is 1. The van der Waals surface area contributed by atoms with E-state index in [0.717, 1.165) is 41.6 Å². The van der Waals surface area contributed by atoms with Crippen molar-refractivity contribution >= 4 is 17.5 Å². The lowest BCUT2D eigenvalue weighted by molar-refractivity contribution is -0.152. The predicted octanol–water partition coefficient (Wildman–Crippen LogP) is 4.28. The Hall–Kier alpha value is -0.0600. The SMILES string of the molecule is C[C@]12CC[C@@H](S[C@H]3CCNC3)CC1C[C@@H](CO)[C@@H]1[C@@H]2CC[C@]2(C)C(=O)CC[C@@H]12. The van der Waals surface area contributed by atoms with E-state index < -0.39 is 0 Å². The number of carbonyl (C=O) groups is 1. The van der Waals surface area contributed by atoms with E-state index in [9.17, 15) is 9.90 Å². The zero-order chi connectivity index (χ0) is 19.5. The Kier molecular flexibility index (Phi) is 5.16. The molecule has 1 aliphatic heterocycles. The molecule has 0 aromatic rings. The van der Waals surface area contributed by atoms with Crippen molar-refractivity contribution in [2.24, 2.45) is 40.4 Å². The minimum Gasteiger partial charge on any atom is -0.396 e. The van der Waals surface area contributed by atoms with Gasteiger partial charge in [0.15, 0.2) is 0 Å². The van der Waals surface area contributed by atoms with Crippen LogP contribution in [0.2, 0.25) is 0 Å². The zero-order valence-corrected chi connectivity index (χ0v) is 18.6. The van der Waals surface area contributed by atoms with Crippen molar-refractivity contribution in [3.63, 3.8) is 0 Å². The number of ketones is 1. The first-order valence-corrected chi connectivity index (χ1v) is 12.9. The van der Waals surface area contributed by atoms with Gasteiger partial charge < -0.3 is 10.4 Å². The molecular formula is C24H39NO2S. The molecule has 5 aliphatic rings. The molecule has 4 aliphatic carbocycles. The second-order valence-electron chi connectivity index (χ2n) is 11.2. The number of thioether (sulfide) groups is 1. The number of carbonyl (C=O) groups excluding carboxylic acids is 1. The van der Waals surface area contributed by atoms with E-state index in [1.165, 1.54) is 51.6 Å². The highest BCUT2D eigenvalue weighted by atomic mass is 32.2. The molecule has 158 valence electrons. The van der Waals surface area contributed by atoms with Crippen molar-refractivity contribution in [2.75, 3.05) is 19.7 Å². The second-order valence-corrected chi connectivity index (χ2v) is 12.8. The predicted molar refractivity (Wildman–Crippen MR) is 115 cm³/mol. The zero-order valence-electron chi connectivity index (χ0n) is 17.8. The van der Waals surface area contributed by atoms with Crippen LogP contribution < -0.4 is 5.32 Å². The van der Waals surface area contributed by atoms with Gasteiger partial charge in [0, 0.05) is 35.5 Å². The largest absolute Gasteiger partial charge is 0.396 e. The third-order valence-electron chi connectivity index (χ3n) is 10.1. The summed E-state index contributed by atoms with van der Waals surface area (Å²) in [4.78, 5) is 12.7. The van der Waals surface area contributed by atoms with Gasteiger partial charge >= 0.3 is 0 Å². The lowest BCUT2D eigenvalue weighted by Crippen LogP contribution is -2.57. The molecule has 0 aromatic heterocycles. The molecule has 0 amide bonds. The topological polar surface area (TPSA) is 49.3 Å². The van der Waals surface area contributed by atoms with Crippen LogP contribution in [0.5, 0.6) is 0 Å². The van der Waals surface area contributed by atoms with E-state index in [0.29, 0.717) is 35.6 Å². The van der Waals surface area contributed by atoms with Crippen molar-refractivity contribution < 1.29 is 9.90 Å². The molecule has 0 spiro atoms. The third-order valence-corrected chi connectivity index (χ3v) is 11.7. The van der Waals surface area contributed by atoms with Gasteiger partial charge in [-0.1, -0.05) is 13.8 Å². The summed E-state index contributed by atoms with van der Waals surface area (Å²) in [6.07, 6.45) is 10.8. The third kappa shape index (κ3) is 2.95. The van der Waals surface area contributed by atoms with Gasteiger partial charge in [-0.25, -0.2) is 0 Å². The van der Waals surface area contributed by atoms with Crippen LogP contribution in [0.15, 0.2) is 0 Å². The van der Waals surface area contributed by atoms with Gasteiger partial charge in [-0.15, -0.1) is 0 Å². The molecule has 1 saturated heterocycles. The Morgan fingerprint density at radius 3 is 2.68 bits per heavy atom.